The Labute approximate surface area is 257 Å². The summed E-state index contributed by atoms with van der Waals surface area (Å²) >= 11 is 4.95. The van der Waals surface area contributed by atoms with Crippen molar-refractivity contribution >= 4 is 115 Å². The molecular formula is C19H17N9NaO6S4. The largest absolute Gasteiger partial charge is 0.477 e. The van der Waals surface area contributed by atoms with Crippen LogP contribution in [0.25, 0.3) is 4.96 Å². The molecule has 5 heterocycles. The Morgan fingerprint density at radius 1 is 1.33 bits per heavy atom. The third kappa shape index (κ3) is 5.65. The number of amides is 3. The molecule has 20 heteroatoms. The van der Waals surface area contributed by atoms with Crippen LogP contribution in [0.15, 0.2) is 32.3 Å². The molecule has 15 nitrogen and oxygen atoms in total. The fraction of sp³-hybridized carbons (Fsp3) is 0.263. The molecule has 0 aliphatic carbocycles. The Morgan fingerprint density at radius 2 is 2.10 bits per heavy atom. The fourth-order valence-electron chi connectivity index (χ4n) is 3.70. The predicted molar refractivity (Wildman–Crippen MR) is 146 cm³/mol. The molecule has 39 heavy (non-hydrogen) atoms. The number of hydrogen-bond acceptors (Lipinski definition) is 14. The van der Waals surface area contributed by atoms with Crippen LogP contribution in [0.2, 0.25) is 0 Å². The first-order chi connectivity index (χ1) is 18.2. The number of rotatable bonds is 9. The van der Waals surface area contributed by atoms with E-state index < -0.39 is 35.1 Å². The van der Waals surface area contributed by atoms with Crippen molar-refractivity contribution in [2.24, 2.45) is 10.9 Å². The molecule has 0 bridgehead atoms. The third-order valence-electron chi connectivity index (χ3n) is 5.35. The van der Waals surface area contributed by atoms with E-state index in [1.807, 2.05) is 0 Å². The van der Waals surface area contributed by atoms with Gasteiger partial charge >= 0.3 is 5.97 Å². The summed E-state index contributed by atoms with van der Waals surface area (Å²) in [6, 6.07) is -0.958. The van der Waals surface area contributed by atoms with Crippen molar-refractivity contribution in [2.75, 3.05) is 24.3 Å². The van der Waals surface area contributed by atoms with Crippen LogP contribution in [0.1, 0.15) is 16.2 Å². The van der Waals surface area contributed by atoms with Gasteiger partial charge in [-0.15, -0.1) is 28.2 Å². The topological polar surface area (TPSA) is 220 Å². The molecule has 0 unspecified atom stereocenters. The minimum atomic E-state index is -1.25. The number of aliphatic carboxylic acids is 1. The first-order valence-electron chi connectivity index (χ1n) is 10.5. The molecule has 3 aromatic rings. The van der Waals surface area contributed by atoms with E-state index in [0.29, 0.717) is 20.6 Å². The third-order valence-corrected chi connectivity index (χ3v) is 9.50. The maximum absolute atomic E-state index is 13.0. The van der Waals surface area contributed by atoms with Crippen LogP contribution in [0.5, 0.6) is 0 Å². The smallest absolute Gasteiger partial charge is 0.352 e. The molecule has 2 atom stereocenters. The molecule has 5 rings (SSSR count). The summed E-state index contributed by atoms with van der Waals surface area (Å²) in [5.74, 6) is -2.58. The molecule has 1 saturated heterocycles. The van der Waals surface area contributed by atoms with Crippen molar-refractivity contribution in [3.05, 3.63) is 34.2 Å². The second-order valence-corrected chi connectivity index (χ2v) is 11.9. The number of fused-ring (bicyclic) bond motifs is 2. The van der Waals surface area contributed by atoms with E-state index in [1.165, 1.54) is 63.0 Å². The maximum Gasteiger partial charge on any atom is 0.352 e. The number of imidazole rings is 1. The molecule has 2 aliphatic heterocycles. The van der Waals surface area contributed by atoms with Crippen LogP contribution in [0.4, 0.5) is 5.13 Å². The Balaban J connectivity index is 0.00000353. The second kappa shape index (κ2) is 11.8. The number of nitrogen functional groups attached to an aromatic ring is 1. The van der Waals surface area contributed by atoms with Crippen molar-refractivity contribution in [1.82, 2.24) is 29.8 Å². The SMILES string of the molecule is CO/N=C(\C(=O)N[C@@H]1C(=O)N2C(C(=O)O)=C(CSc3nn4cc(C(N)=O)nc4s3)CS[C@H]12)c1csc(N)n1.[Na]. The summed E-state index contributed by atoms with van der Waals surface area (Å²) in [5.41, 5.74) is 11.4. The van der Waals surface area contributed by atoms with Crippen molar-refractivity contribution in [3.63, 3.8) is 0 Å². The van der Waals surface area contributed by atoms with Gasteiger partial charge in [-0.1, -0.05) is 28.3 Å². The molecule has 3 aromatic heterocycles. The fourth-order valence-corrected chi connectivity index (χ4v) is 7.66. The summed E-state index contributed by atoms with van der Waals surface area (Å²) in [4.78, 5) is 63.8. The van der Waals surface area contributed by atoms with E-state index in [-0.39, 0.29) is 63.2 Å². The summed E-state index contributed by atoms with van der Waals surface area (Å²) < 4.78 is 2.03. The van der Waals surface area contributed by atoms with E-state index in [4.69, 9.17) is 16.3 Å². The first kappa shape index (κ1) is 29.3. The number of aromatic nitrogens is 4. The molecule has 2 aliphatic rings. The molecule has 3 amide bonds. The molecule has 0 saturated carbocycles. The number of carboxylic acids is 1. The zero-order chi connectivity index (χ0) is 27.1. The van der Waals surface area contributed by atoms with E-state index in [1.54, 1.807) is 0 Å². The number of carboxylic acid groups (broad SMARTS) is 1. The van der Waals surface area contributed by atoms with Gasteiger partial charge in [0.1, 0.15) is 35.6 Å². The van der Waals surface area contributed by atoms with Crippen molar-refractivity contribution in [1.29, 1.82) is 0 Å². The maximum atomic E-state index is 13.0. The Hall–Kier alpha value is -2.68. The van der Waals surface area contributed by atoms with Gasteiger partial charge in [-0.2, -0.15) is 0 Å². The summed E-state index contributed by atoms with van der Waals surface area (Å²) in [7, 11) is 1.27. The average Bonchev–Trinajstić information content (AvgIpc) is 3.58. The van der Waals surface area contributed by atoms with E-state index in [2.05, 4.69) is 25.5 Å². The van der Waals surface area contributed by atoms with Gasteiger partial charge < -0.3 is 26.7 Å². The number of β-lactam (4-membered cyclic amide) rings is 1. The van der Waals surface area contributed by atoms with Crippen LogP contribution >= 0.6 is 46.2 Å². The monoisotopic (exact) mass is 618 g/mol. The number of nitrogens with two attached hydrogens (primary N) is 2. The number of nitrogens with one attached hydrogen (secondary N) is 1. The quantitative estimate of drug-likeness (QED) is 0.0779. The van der Waals surface area contributed by atoms with Gasteiger partial charge in [0.15, 0.2) is 15.2 Å². The summed E-state index contributed by atoms with van der Waals surface area (Å²) in [5, 5.41) is 21.7. The molecular weight excluding hydrogens is 602 g/mol. The summed E-state index contributed by atoms with van der Waals surface area (Å²) in [6.45, 7) is 0. The second-order valence-electron chi connectivity index (χ2n) is 7.69. The van der Waals surface area contributed by atoms with E-state index >= 15 is 0 Å². The number of thioether (sulfide) groups is 2. The minimum absolute atomic E-state index is 0. The van der Waals surface area contributed by atoms with Gasteiger partial charge in [-0.05, 0) is 5.57 Å². The number of hydrogen-bond donors (Lipinski definition) is 4. The normalized spacial score (nSPS) is 18.8. The number of nitrogens with zero attached hydrogens (tertiary/aromatic N) is 6. The molecule has 199 valence electrons. The van der Waals surface area contributed by atoms with Crippen molar-refractivity contribution in [2.45, 2.75) is 15.8 Å². The zero-order valence-electron chi connectivity index (χ0n) is 20.2. The number of carbonyl (C=O) groups excluding carboxylic acids is 3. The first-order valence-corrected chi connectivity index (χ1v) is 14.2. The van der Waals surface area contributed by atoms with Gasteiger partial charge in [0.05, 0.1) is 6.20 Å². The predicted octanol–water partition coefficient (Wildman–Crippen LogP) is -0.571. The van der Waals surface area contributed by atoms with Crippen LogP contribution < -0.4 is 16.8 Å². The number of oxime groups is 1. The molecule has 1 fully saturated rings. The number of primary amides is 1. The minimum Gasteiger partial charge on any atom is -0.477 e. The van der Waals surface area contributed by atoms with Crippen LogP contribution in [0, 0.1) is 0 Å². The Kier molecular flexibility index (Phi) is 8.88. The number of carbonyl (C=O) groups is 4. The molecule has 1 radical (unpaired) electrons. The van der Waals surface area contributed by atoms with Crippen LogP contribution in [0.3, 0.4) is 0 Å². The standard InChI is InChI=1S/C19H17N9O6S4.Na/c1-34-26-9(8-5-36-17(21)22-8)13(30)24-10-14(31)28-11(16(32)33)6(3-35-15(10)28)4-37-19-25-27-2-7(12(20)29)23-18(27)38-19;/h2,5,10,15H,3-4H2,1H3,(H2,20,29)(H2,21,22)(H,24,30)(H,32,33);/b26-9-;/t10-,15-;/m1./s1. The van der Waals surface area contributed by atoms with Crippen LogP contribution in [-0.2, 0) is 19.2 Å². The van der Waals surface area contributed by atoms with Gasteiger partial charge in [0, 0.05) is 46.4 Å². The van der Waals surface area contributed by atoms with E-state index in [9.17, 15) is 24.3 Å². The van der Waals surface area contributed by atoms with Crippen molar-refractivity contribution < 1.29 is 29.1 Å². The van der Waals surface area contributed by atoms with Gasteiger partial charge in [0.2, 0.25) is 4.96 Å². The number of thiazole rings is 1. The zero-order valence-corrected chi connectivity index (χ0v) is 25.4. The summed E-state index contributed by atoms with van der Waals surface area (Å²) in [6.07, 6.45) is 1.42. The molecule has 0 spiro atoms. The van der Waals surface area contributed by atoms with E-state index in [0.717, 1.165) is 11.3 Å². The Bertz CT molecular complexity index is 1520. The average molecular weight is 619 g/mol. The molecule has 0 aromatic carbocycles. The van der Waals surface area contributed by atoms with Gasteiger partial charge in [-0.25, -0.2) is 19.3 Å². The van der Waals surface area contributed by atoms with Crippen molar-refractivity contribution in [3.8, 4) is 0 Å². The van der Waals surface area contributed by atoms with Gasteiger partial charge in [-0.3, -0.25) is 19.3 Å². The van der Waals surface area contributed by atoms with Crippen LogP contribution in [-0.4, -0.2) is 119 Å². The Morgan fingerprint density at radius 3 is 2.72 bits per heavy atom. The molecule has 6 N–H and O–H groups in total. The number of anilines is 1. The van der Waals surface area contributed by atoms with Gasteiger partial charge in [0.25, 0.3) is 17.7 Å².